The third-order valence-electron chi connectivity index (χ3n) is 6.85. The normalized spacial score (nSPS) is 26.3. The molecule has 0 aromatic heterocycles. The third-order valence-corrected chi connectivity index (χ3v) is 6.85. The standard InChI is InChI=1S/C26H25NO2/c1-25(2)22-14-15-26(3,16-22)24(25)29-23(28)21-12-10-19(11-13-21)5-4-18-6-8-20(17-27)9-7-18/h6-13,22,24H,14-16H2,1-3H3/t22-,24-,26+/m0/s1. The van der Waals surface area contributed by atoms with Crippen molar-refractivity contribution in [3.8, 4) is 17.9 Å². The predicted molar refractivity (Wildman–Crippen MR) is 112 cm³/mol. The first-order chi connectivity index (χ1) is 13.8. The fourth-order valence-electron chi connectivity index (χ4n) is 5.19. The van der Waals surface area contributed by atoms with Crippen LogP contribution < -0.4 is 0 Å². The van der Waals surface area contributed by atoms with E-state index in [0.29, 0.717) is 17.0 Å². The first kappa shape index (κ1) is 19.3. The average Bonchev–Trinajstić information content (AvgIpc) is 3.21. The zero-order valence-corrected chi connectivity index (χ0v) is 17.2. The Balaban J connectivity index is 1.45. The topological polar surface area (TPSA) is 50.1 Å². The van der Waals surface area contributed by atoms with Gasteiger partial charge in [-0.05, 0) is 73.7 Å². The van der Waals surface area contributed by atoms with Crippen LogP contribution in [0.1, 0.15) is 67.1 Å². The minimum atomic E-state index is -0.247. The van der Waals surface area contributed by atoms with Crippen LogP contribution in [0.15, 0.2) is 48.5 Å². The number of benzene rings is 2. The molecule has 0 aliphatic heterocycles. The van der Waals surface area contributed by atoms with E-state index in [0.717, 1.165) is 24.0 Å². The predicted octanol–water partition coefficient (Wildman–Crippen LogP) is 5.33. The molecule has 0 spiro atoms. The zero-order chi connectivity index (χ0) is 20.6. The van der Waals surface area contributed by atoms with Gasteiger partial charge in [-0.3, -0.25) is 0 Å². The maximum atomic E-state index is 12.8. The summed E-state index contributed by atoms with van der Waals surface area (Å²) in [4.78, 5) is 12.8. The summed E-state index contributed by atoms with van der Waals surface area (Å²) in [7, 11) is 0. The van der Waals surface area contributed by atoms with E-state index in [1.54, 1.807) is 24.3 Å². The zero-order valence-electron chi connectivity index (χ0n) is 17.2. The summed E-state index contributed by atoms with van der Waals surface area (Å²) >= 11 is 0. The highest BCUT2D eigenvalue weighted by molar-refractivity contribution is 5.89. The van der Waals surface area contributed by atoms with Crippen molar-refractivity contribution in [3.05, 3.63) is 70.8 Å². The SMILES string of the molecule is CC1(C)[C@H]2CC[C@](C)(C2)[C@H]1OC(=O)c1ccc(C#Cc2ccc(C#N)cc2)cc1. The lowest BCUT2D eigenvalue weighted by atomic mass is 9.70. The van der Waals surface area contributed by atoms with Gasteiger partial charge in [-0.15, -0.1) is 0 Å². The van der Waals surface area contributed by atoms with Crippen molar-refractivity contribution in [2.75, 3.05) is 0 Å². The van der Waals surface area contributed by atoms with Crippen LogP contribution >= 0.6 is 0 Å². The number of rotatable bonds is 2. The molecule has 2 saturated carbocycles. The first-order valence-corrected chi connectivity index (χ1v) is 10.1. The van der Waals surface area contributed by atoms with Crippen LogP contribution in [-0.4, -0.2) is 12.1 Å². The lowest BCUT2D eigenvalue weighted by molar-refractivity contribution is -0.0584. The second-order valence-electron chi connectivity index (χ2n) is 9.22. The number of nitriles is 1. The van der Waals surface area contributed by atoms with E-state index in [2.05, 4.69) is 38.7 Å². The minimum absolute atomic E-state index is 0.0305. The van der Waals surface area contributed by atoms with Crippen molar-refractivity contribution >= 4 is 5.97 Å². The molecule has 0 amide bonds. The minimum Gasteiger partial charge on any atom is -0.458 e. The van der Waals surface area contributed by atoms with E-state index in [1.807, 2.05) is 24.3 Å². The molecule has 2 aliphatic carbocycles. The molecule has 2 fully saturated rings. The molecule has 3 heteroatoms. The lowest BCUT2D eigenvalue weighted by Crippen LogP contribution is -2.43. The second-order valence-corrected chi connectivity index (χ2v) is 9.22. The van der Waals surface area contributed by atoms with Crippen LogP contribution in [0.25, 0.3) is 0 Å². The Labute approximate surface area is 172 Å². The molecule has 4 rings (SSSR count). The van der Waals surface area contributed by atoms with Gasteiger partial charge in [0.2, 0.25) is 0 Å². The Morgan fingerprint density at radius 2 is 1.52 bits per heavy atom. The number of hydrogen-bond acceptors (Lipinski definition) is 3. The van der Waals surface area contributed by atoms with Gasteiger partial charge >= 0.3 is 5.97 Å². The molecule has 0 unspecified atom stereocenters. The molecule has 2 bridgehead atoms. The molecule has 2 aliphatic rings. The molecule has 0 N–H and O–H groups in total. The van der Waals surface area contributed by atoms with Gasteiger partial charge in [0.15, 0.2) is 0 Å². The molecule has 0 heterocycles. The smallest absolute Gasteiger partial charge is 0.338 e. The largest absolute Gasteiger partial charge is 0.458 e. The number of hydrogen-bond donors (Lipinski definition) is 0. The summed E-state index contributed by atoms with van der Waals surface area (Å²) in [5.41, 5.74) is 3.00. The first-order valence-electron chi connectivity index (χ1n) is 10.1. The van der Waals surface area contributed by atoms with Gasteiger partial charge in [-0.1, -0.05) is 32.6 Å². The summed E-state index contributed by atoms with van der Waals surface area (Å²) < 4.78 is 6.04. The summed E-state index contributed by atoms with van der Waals surface area (Å²) in [5, 5.41) is 8.85. The van der Waals surface area contributed by atoms with Crippen molar-refractivity contribution in [3.63, 3.8) is 0 Å². The molecule has 0 saturated heterocycles. The Morgan fingerprint density at radius 1 is 0.966 bits per heavy atom. The quantitative estimate of drug-likeness (QED) is 0.520. The Morgan fingerprint density at radius 3 is 2.03 bits per heavy atom. The van der Waals surface area contributed by atoms with Gasteiger partial charge in [-0.25, -0.2) is 4.79 Å². The van der Waals surface area contributed by atoms with Gasteiger partial charge in [-0.2, -0.15) is 5.26 Å². The lowest BCUT2D eigenvalue weighted by Gasteiger charge is -2.41. The van der Waals surface area contributed by atoms with Gasteiger partial charge in [0.1, 0.15) is 6.10 Å². The summed E-state index contributed by atoms with van der Waals surface area (Å²) in [6, 6.07) is 16.5. The second kappa shape index (κ2) is 7.09. The molecule has 0 radical (unpaired) electrons. The van der Waals surface area contributed by atoms with E-state index >= 15 is 0 Å². The van der Waals surface area contributed by atoms with Crippen molar-refractivity contribution in [2.45, 2.75) is 46.1 Å². The number of carbonyl (C=O) groups excluding carboxylic acids is 1. The van der Waals surface area contributed by atoms with E-state index in [-0.39, 0.29) is 22.9 Å². The monoisotopic (exact) mass is 383 g/mol. The highest BCUT2D eigenvalue weighted by atomic mass is 16.5. The fourth-order valence-corrected chi connectivity index (χ4v) is 5.19. The molecule has 2 aromatic carbocycles. The van der Waals surface area contributed by atoms with Crippen molar-refractivity contribution in [2.24, 2.45) is 16.7 Å². The van der Waals surface area contributed by atoms with Crippen LogP contribution in [0, 0.1) is 39.9 Å². The molecule has 2 aromatic rings. The fraction of sp³-hybridized carbons (Fsp3) is 0.385. The summed E-state index contributed by atoms with van der Waals surface area (Å²) in [6.07, 6.45) is 3.51. The van der Waals surface area contributed by atoms with Crippen LogP contribution in [0.5, 0.6) is 0 Å². The molecular weight excluding hydrogens is 358 g/mol. The van der Waals surface area contributed by atoms with E-state index in [9.17, 15) is 4.79 Å². The number of fused-ring (bicyclic) bond motifs is 2. The van der Waals surface area contributed by atoms with Crippen LogP contribution in [0.3, 0.4) is 0 Å². The van der Waals surface area contributed by atoms with Crippen LogP contribution in [0.4, 0.5) is 0 Å². The van der Waals surface area contributed by atoms with Crippen LogP contribution in [0.2, 0.25) is 0 Å². The Bertz CT molecular complexity index is 1030. The highest BCUT2D eigenvalue weighted by Crippen LogP contribution is 2.63. The highest BCUT2D eigenvalue weighted by Gasteiger charge is 2.61. The molecular formula is C26H25NO2. The van der Waals surface area contributed by atoms with E-state index in [1.165, 1.54) is 6.42 Å². The van der Waals surface area contributed by atoms with E-state index in [4.69, 9.17) is 10.00 Å². The number of nitrogens with zero attached hydrogens (tertiary/aromatic N) is 1. The van der Waals surface area contributed by atoms with E-state index < -0.39 is 0 Å². The van der Waals surface area contributed by atoms with Gasteiger partial charge < -0.3 is 4.74 Å². The molecule has 146 valence electrons. The van der Waals surface area contributed by atoms with Gasteiger partial charge in [0, 0.05) is 22.0 Å². The number of carbonyl (C=O) groups is 1. The van der Waals surface area contributed by atoms with Crippen molar-refractivity contribution in [1.29, 1.82) is 5.26 Å². The van der Waals surface area contributed by atoms with Gasteiger partial charge in [0.25, 0.3) is 0 Å². The number of esters is 1. The Kier molecular flexibility index (Phi) is 4.71. The third kappa shape index (κ3) is 3.54. The Hall–Kier alpha value is -3.04. The molecule has 29 heavy (non-hydrogen) atoms. The maximum Gasteiger partial charge on any atom is 0.338 e. The summed E-state index contributed by atoms with van der Waals surface area (Å²) in [6.45, 7) is 6.74. The van der Waals surface area contributed by atoms with Crippen molar-refractivity contribution < 1.29 is 9.53 Å². The molecule has 3 atom stereocenters. The van der Waals surface area contributed by atoms with Gasteiger partial charge in [0.05, 0.1) is 17.2 Å². The molecule has 3 nitrogen and oxygen atoms in total. The summed E-state index contributed by atoms with van der Waals surface area (Å²) in [5.74, 6) is 6.57. The van der Waals surface area contributed by atoms with Crippen molar-refractivity contribution in [1.82, 2.24) is 0 Å². The average molecular weight is 383 g/mol. The number of ether oxygens (including phenoxy) is 1. The van der Waals surface area contributed by atoms with Crippen LogP contribution in [-0.2, 0) is 4.74 Å². The maximum absolute atomic E-state index is 12.8.